The lowest BCUT2D eigenvalue weighted by Gasteiger charge is -2.14. The first-order chi connectivity index (χ1) is 12.7. The fourth-order valence-corrected chi connectivity index (χ4v) is 3.61. The quantitative estimate of drug-likeness (QED) is 0.581. The number of hydrogen-bond donors (Lipinski definition) is 1. The summed E-state index contributed by atoms with van der Waals surface area (Å²) in [4.78, 5) is 31.0. The number of nitrogens with one attached hydrogen (secondary N) is 1. The van der Waals surface area contributed by atoms with Crippen molar-refractivity contribution in [3.05, 3.63) is 71.5 Å². The molecule has 6 nitrogen and oxygen atoms in total. The van der Waals surface area contributed by atoms with E-state index in [9.17, 15) is 9.59 Å². The number of nitrogens with zero attached hydrogens (tertiary/aromatic N) is 3. The molecule has 26 heavy (non-hydrogen) atoms. The second-order valence-electron chi connectivity index (χ2n) is 6.33. The number of H-pyrrole nitrogens is 1. The summed E-state index contributed by atoms with van der Waals surface area (Å²) in [6.45, 7) is 0.333. The van der Waals surface area contributed by atoms with Crippen molar-refractivity contribution in [1.82, 2.24) is 20.1 Å². The van der Waals surface area contributed by atoms with Crippen LogP contribution in [0.4, 0.5) is 0 Å². The number of carbonyl (C=O) groups is 2. The summed E-state index contributed by atoms with van der Waals surface area (Å²) >= 11 is 0. The molecule has 0 saturated heterocycles. The highest BCUT2D eigenvalue weighted by Crippen LogP contribution is 2.28. The van der Waals surface area contributed by atoms with Crippen molar-refractivity contribution in [3.63, 3.8) is 0 Å². The fraction of sp³-hybridized carbons (Fsp3) is 0.100. The van der Waals surface area contributed by atoms with Crippen molar-refractivity contribution in [2.24, 2.45) is 0 Å². The number of aromatic amines is 1. The maximum absolute atomic E-state index is 12.8. The third-order valence-corrected chi connectivity index (χ3v) is 4.90. The SMILES string of the molecule is O=C1c2cnc3[nH]ncc3c2C(=O)N1CCc1cccc2ccccc12. The molecule has 6 heteroatoms. The monoisotopic (exact) mass is 342 g/mol. The molecule has 0 atom stereocenters. The Labute approximate surface area is 148 Å². The minimum atomic E-state index is -0.291. The average molecular weight is 342 g/mol. The summed E-state index contributed by atoms with van der Waals surface area (Å²) in [6.07, 6.45) is 3.60. The average Bonchev–Trinajstić information content (AvgIpc) is 3.24. The van der Waals surface area contributed by atoms with Gasteiger partial charge in [-0.15, -0.1) is 0 Å². The predicted molar refractivity (Wildman–Crippen MR) is 96.9 cm³/mol. The number of carbonyl (C=O) groups excluding carboxylic acids is 2. The molecular weight excluding hydrogens is 328 g/mol. The summed E-state index contributed by atoms with van der Waals surface area (Å²) in [5.74, 6) is -0.570. The van der Waals surface area contributed by atoms with E-state index in [-0.39, 0.29) is 11.8 Å². The molecule has 4 aromatic rings. The van der Waals surface area contributed by atoms with Crippen LogP contribution in [-0.4, -0.2) is 38.4 Å². The second kappa shape index (κ2) is 5.49. The molecule has 0 aliphatic carbocycles. The number of aromatic nitrogens is 3. The van der Waals surface area contributed by atoms with E-state index in [0.29, 0.717) is 35.1 Å². The van der Waals surface area contributed by atoms with Crippen molar-refractivity contribution in [2.75, 3.05) is 6.54 Å². The Morgan fingerprint density at radius 1 is 0.923 bits per heavy atom. The zero-order valence-electron chi connectivity index (χ0n) is 13.8. The van der Waals surface area contributed by atoms with Crippen LogP contribution in [0.2, 0.25) is 0 Å². The lowest BCUT2D eigenvalue weighted by atomic mass is 10.0. The van der Waals surface area contributed by atoms with Gasteiger partial charge in [0, 0.05) is 12.7 Å². The van der Waals surface area contributed by atoms with Crippen LogP contribution in [0.15, 0.2) is 54.9 Å². The summed E-state index contributed by atoms with van der Waals surface area (Å²) in [7, 11) is 0. The van der Waals surface area contributed by atoms with E-state index in [2.05, 4.69) is 33.4 Å². The molecular formula is C20H14N4O2. The van der Waals surface area contributed by atoms with Crippen LogP contribution in [0.1, 0.15) is 26.3 Å². The first-order valence-corrected chi connectivity index (χ1v) is 8.39. The van der Waals surface area contributed by atoms with Crippen LogP contribution in [0, 0.1) is 0 Å². The predicted octanol–water partition coefficient (Wildman–Crippen LogP) is 2.95. The van der Waals surface area contributed by atoms with E-state index < -0.39 is 0 Å². The molecule has 0 radical (unpaired) electrons. The number of benzene rings is 2. The normalized spacial score (nSPS) is 13.8. The van der Waals surface area contributed by atoms with Gasteiger partial charge in [0.15, 0.2) is 5.65 Å². The van der Waals surface area contributed by atoms with Crippen molar-refractivity contribution in [2.45, 2.75) is 6.42 Å². The molecule has 3 heterocycles. The molecule has 2 aromatic carbocycles. The minimum Gasteiger partial charge on any atom is -0.274 e. The van der Waals surface area contributed by atoms with Crippen molar-refractivity contribution < 1.29 is 9.59 Å². The molecule has 1 N–H and O–H groups in total. The Morgan fingerprint density at radius 2 is 1.77 bits per heavy atom. The zero-order chi connectivity index (χ0) is 17.7. The van der Waals surface area contributed by atoms with Gasteiger partial charge in [-0.05, 0) is 22.8 Å². The van der Waals surface area contributed by atoms with Gasteiger partial charge in [-0.1, -0.05) is 42.5 Å². The number of fused-ring (bicyclic) bond motifs is 4. The van der Waals surface area contributed by atoms with E-state index in [1.54, 1.807) is 6.20 Å². The van der Waals surface area contributed by atoms with Crippen molar-refractivity contribution in [3.8, 4) is 0 Å². The fourth-order valence-electron chi connectivity index (χ4n) is 3.61. The van der Waals surface area contributed by atoms with E-state index in [1.165, 1.54) is 11.1 Å². The number of pyridine rings is 1. The van der Waals surface area contributed by atoms with Crippen molar-refractivity contribution >= 4 is 33.6 Å². The molecule has 1 aliphatic rings. The first kappa shape index (κ1) is 14.8. The van der Waals surface area contributed by atoms with Gasteiger partial charge < -0.3 is 0 Å². The standard InChI is InChI=1S/C20H14N4O2/c25-19-16-10-21-18-15(11-22-23-18)17(16)20(26)24(19)9-8-13-6-3-5-12-4-1-2-7-14(12)13/h1-7,10-11H,8-9H2,(H,21,22,23). The number of rotatable bonds is 3. The number of hydrogen-bond acceptors (Lipinski definition) is 4. The summed E-state index contributed by atoms with van der Waals surface area (Å²) in [6, 6.07) is 14.2. The van der Waals surface area contributed by atoms with Gasteiger partial charge in [-0.3, -0.25) is 19.6 Å². The summed E-state index contributed by atoms with van der Waals surface area (Å²) in [5, 5.41) is 9.54. The smallest absolute Gasteiger partial charge is 0.263 e. The Kier molecular flexibility index (Phi) is 3.12. The largest absolute Gasteiger partial charge is 0.274 e. The topological polar surface area (TPSA) is 79.0 Å². The third-order valence-electron chi connectivity index (χ3n) is 4.90. The molecule has 0 unspecified atom stereocenters. The van der Waals surface area contributed by atoms with Crippen LogP contribution in [0.5, 0.6) is 0 Å². The Morgan fingerprint density at radius 3 is 2.69 bits per heavy atom. The maximum atomic E-state index is 12.8. The highest BCUT2D eigenvalue weighted by atomic mass is 16.2. The van der Waals surface area contributed by atoms with Gasteiger partial charge in [0.2, 0.25) is 0 Å². The maximum Gasteiger partial charge on any atom is 0.263 e. The Bertz CT molecular complexity index is 1190. The van der Waals surface area contributed by atoms with Gasteiger partial charge in [0.25, 0.3) is 11.8 Å². The van der Waals surface area contributed by atoms with E-state index >= 15 is 0 Å². The molecule has 0 spiro atoms. The van der Waals surface area contributed by atoms with E-state index in [4.69, 9.17) is 0 Å². The summed E-state index contributed by atoms with van der Waals surface area (Å²) in [5.41, 5.74) is 2.38. The van der Waals surface area contributed by atoms with Crippen LogP contribution in [-0.2, 0) is 6.42 Å². The number of amides is 2. The molecule has 2 aromatic heterocycles. The van der Waals surface area contributed by atoms with Gasteiger partial charge >= 0.3 is 0 Å². The van der Waals surface area contributed by atoms with Crippen LogP contribution in [0.25, 0.3) is 21.8 Å². The molecule has 0 fully saturated rings. The van der Waals surface area contributed by atoms with E-state index in [0.717, 1.165) is 16.3 Å². The highest BCUT2D eigenvalue weighted by Gasteiger charge is 2.37. The third kappa shape index (κ3) is 2.05. The number of imide groups is 1. The van der Waals surface area contributed by atoms with Gasteiger partial charge in [-0.25, -0.2) is 4.98 Å². The minimum absolute atomic E-state index is 0.279. The van der Waals surface area contributed by atoms with Crippen LogP contribution >= 0.6 is 0 Å². The lowest BCUT2D eigenvalue weighted by molar-refractivity contribution is 0.0657. The molecule has 5 rings (SSSR count). The van der Waals surface area contributed by atoms with Crippen molar-refractivity contribution in [1.29, 1.82) is 0 Å². The Hall–Kier alpha value is -3.54. The van der Waals surface area contributed by atoms with E-state index in [1.807, 2.05) is 24.3 Å². The molecule has 0 bridgehead atoms. The van der Waals surface area contributed by atoms with Gasteiger partial charge in [-0.2, -0.15) is 5.10 Å². The Balaban J connectivity index is 1.48. The molecule has 1 aliphatic heterocycles. The molecule has 2 amide bonds. The first-order valence-electron chi connectivity index (χ1n) is 8.39. The van der Waals surface area contributed by atoms with Gasteiger partial charge in [0.1, 0.15) is 0 Å². The lowest BCUT2D eigenvalue weighted by Crippen LogP contribution is -2.31. The molecule has 126 valence electrons. The highest BCUT2D eigenvalue weighted by molar-refractivity contribution is 6.25. The second-order valence-corrected chi connectivity index (χ2v) is 6.33. The van der Waals surface area contributed by atoms with Crippen LogP contribution < -0.4 is 0 Å². The summed E-state index contributed by atoms with van der Waals surface area (Å²) < 4.78 is 0. The van der Waals surface area contributed by atoms with Gasteiger partial charge in [0.05, 0.1) is 22.7 Å². The zero-order valence-corrected chi connectivity index (χ0v) is 13.8. The van der Waals surface area contributed by atoms with Crippen LogP contribution in [0.3, 0.4) is 0 Å². The molecule has 0 saturated carbocycles.